The number of nitrogens with one attached hydrogen (secondary N) is 1. The summed E-state index contributed by atoms with van der Waals surface area (Å²) in [6.45, 7) is 0.0724. The van der Waals surface area contributed by atoms with Crippen molar-refractivity contribution in [2.45, 2.75) is 19.0 Å². The molecule has 1 amide bonds. The van der Waals surface area contributed by atoms with Crippen molar-refractivity contribution in [3.63, 3.8) is 0 Å². The van der Waals surface area contributed by atoms with Gasteiger partial charge in [-0.3, -0.25) is 4.79 Å². The minimum atomic E-state index is -4.37. The first kappa shape index (κ1) is 19.8. The summed E-state index contributed by atoms with van der Waals surface area (Å²) < 4.78 is 62.3. The number of carbonyl (C=O) groups is 1. The Bertz CT molecular complexity index is 924. The van der Waals surface area contributed by atoms with Crippen molar-refractivity contribution < 1.29 is 26.4 Å². The van der Waals surface area contributed by atoms with E-state index < -0.39 is 27.7 Å². The van der Waals surface area contributed by atoms with Crippen LogP contribution in [0.2, 0.25) is 0 Å². The molecule has 0 unspecified atom stereocenters. The highest BCUT2D eigenvalue weighted by Gasteiger charge is 2.30. The number of carbonyl (C=O) groups excluding carboxylic acids is 1. The predicted octanol–water partition coefficient (Wildman–Crippen LogP) is 2.73. The van der Waals surface area contributed by atoms with Crippen LogP contribution in [-0.2, 0) is 27.4 Å². The molecule has 0 atom stereocenters. The van der Waals surface area contributed by atoms with Gasteiger partial charge < -0.3 is 5.32 Å². The van der Waals surface area contributed by atoms with E-state index in [1.165, 1.54) is 29.7 Å². The second kappa shape index (κ2) is 7.56. The van der Waals surface area contributed by atoms with Crippen molar-refractivity contribution in [2.24, 2.45) is 0 Å². The van der Waals surface area contributed by atoms with Gasteiger partial charge in [0.25, 0.3) is 0 Å². The van der Waals surface area contributed by atoms with E-state index in [1.54, 1.807) is 0 Å². The summed E-state index contributed by atoms with van der Waals surface area (Å²) in [6.07, 6.45) is -1.95. The van der Waals surface area contributed by atoms with Crippen molar-refractivity contribution in [3.8, 4) is 0 Å². The maximum atomic E-state index is 12.6. The Balaban J connectivity index is 1.57. The molecule has 1 fully saturated rings. The van der Waals surface area contributed by atoms with E-state index in [1.807, 2.05) is 0 Å². The number of thiazole rings is 1. The van der Waals surface area contributed by atoms with E-state index in [2.05, 4.69) is 10.3 Å². The van der Waals surface area contributed by atoms with Gasteiger partial charge in [-0.2, -0.15) is 17.5 Å². The summed E-state index contributed by atoms with van der Waals surface area (Å²) in [6, 6.07) is 4.85. The molecule has 1 aliphatic heterocycles. The molecule has 0 spiro atoms. The Labute approximate surface area is 158 Å². The van der Waals surface area contributed by atoms with Crippen LogP contribution in [0.1, 0.15) is 22.4 Å². The molecule has 6 nitrogen and oxygen atoms in total. The van der Waals surface area contributed by atoms with Gasteiger partial charge >= 0.3 is 6.18 Å². The van der Waals surface area contributed by atoms with Gasteiger partial charge in [0.05, 0.1) is 17.9 Å². The van der Waals surface area contributed by atoms with E-state index in [0.717, 1.165) is 21.3 Å². The first-order valence-corrected chi connectivity index (χ1v) is 10.4. The first-order chi connectivity index (χ1) is 12.6. The molecule has 146 valence electrons. The van der Waals surface area contributed by atoms with Gasteiger partial charge in [-0.05, 0) is 24.1 Å². The molecule has 1 N–H and O–H groups in total. The van der Waals surface area contributed by atoms with Crippen LogP contribution >= 0.6 is 11.3 Å². The van der Waals surface area contributed by atoms with Gasteiger partial charge in [-0.15, -0.1) is 11.3 Å². The molecule has 27 heavy (non-hydrogen) atoms. The van der Waals surface area contributed by atoms with Crippen molar-refractivity contribution in [1.29, 1.82) is 0 Å². The first-order valence-electron chi connectivity index (χ1n) is 8.02. The highest BCUT2D eigenvalue weighted by Crippen LogP contribution is 2.30. The van der Waals surface area contributed by atoms with Crippen LogP contribution < -0.4 is 5.32 Å². The molecular weight excluding hydrogens is 403 g/mol. The van der Waals surface area contributed by atoms with Gasteiger partial charge in [0.2, 0.25) is 15.9 Å². The molecule has 1 saturated heterocycles. The second-order valence-electron chi connectivity index (χ2n) is 6.05. The average Bonchev–Trinajstić information content (AvgIpc) is 3.13. The topological polar surface area (TPSA) is 79.4 Å². The number of benzene rings is 1. The lowest BCUT2D eigenvalue weighted by molar-refractivity contribution is -0.137. The maximum absolute atomic E-state index is 12.6. The number of sulfonamides is 1. The summed E-state index contributed by atoms with van der Waals surface area (Å²) in [7, 11) is -3.35. The Morgan fingerprint density at radius 3 is 2.56 bits per heavy atom. The normalized spacial score (nSPS) is 17.1. The molecule has 2 aromatic rings. The number of nitrogens with zero attached hydrogens (tertiary/aromatic N) is 2. The monoisotopic (exact) mass is 419 g/mol. The van der Waals surface area contributed by atoms with E-state index in [0.29, 0.717) is 30.1 Å². The zero-order valence-electron chi connectivity index (χ0n) is 14.0. The summed E-state index contributed by atoms with van der Waals surface area (Å²) in [5.41, 5.74) is -0.0203. The van der Waals surface area contributed by atoms with Crippen molar-refractivity contribution in [1.82, 2.24) is 9.29 Å². The Morgan fingerprint density at radius 1 is 1.26 bits per heavy atom. The molecule has 0 bridgehead atoms. The minimum Gasteiger partial charge on any atom is -0.301 e. The molecule has 1 aromatic heterocycles. The van der Waals surface area contributed by atoms with Crippen LogP contribution in [-0.4, -0.2) is 42.5 Å². The highest BCUT2D eigenvalue weighted by atomic mass is 32.2. The summed E-state index contributed by atoms with van der Waals surface area (Å²) in [5, 5.41) is 2.87. The number of alkyl halides is 3. The molecule has 0 saturated carbocycles. The number of amides is 1. The lowest BCUT2D eigenvalue weighted by Gasteiger charge is -2.12. The van der Waals surface area contributed by atoms with Crippen LogP contribution in [0.15, 0.2) is 30.5 Å². The molecule has 1 aromatic carbocycles. The van der Waals surface area contributed by atoms with E-state index in [4.69, 9.17) is 0 Å². The van der Waals surface area contributed by atoms with Gasteiger partial charge in [0.15, 0.2) is 5.13 Å². The van der Waals surface area contributed by atoms with Crippen LogP contribution in [0.3, 0.4) is 0 Å². The van der Waals surface area contributed by atoms with Crippen LogP contribution in [0.5, 0.6) is 0 Å². The smallest absolute Gasteiger partial charge is 0.301 e. The molecule has 1 aliphatic rings. The number of anilines is 1. The van der Waals surface area contributed by atoms with Crippen molar-refractivity contribution in [2.75, 3.05) is 24.2 Å². The van der Waals surface area contributed by atoms with Crippen LogP contribution in [0.4, 0.5) is 18.3 Å². The number of halogens is 3. The summed E-state index contributed by atoms with van der Waals surface area (Å²) >= 11 is 1.19. The summed E-state index contributed by atoms with van der Waals surface area (Å²) in [5.74, 6) is -0.426. The third-order valence-electron chi connectivity index (χ3n) is 3.98. The van der Waals surface area contributed by atoms with Crippen molar-refractivity contribution >= 4 is 32.4 Å². The third kappa shape index (κ3) is 5.05. The molecular formula is C16H16F3N3O3S2. The molecule has 3 rings (SSSR count). The fourth-order valence-corrected chi connectivity index (χ4v) is 4.98. The fraction of sp³-hybridized carbons (Fsp3) is 0.375. The standard InChI is InChI=1S/C16H16F3N3O3S2/c17-16(18,19)12-4-2-11(3-5-12)8-13-9-20-15(26-13)21-14(23)10-22-6-1-7-27(22,24)25/h2-5,9H,1,6-8,10H2,(H,20,21,23). The van der Waals surface area contributed by atoms with Gasteiger partial charge in [-0.1, -0.05) is 12.1 Å². The van der Waals surface area contributed by atoms with Crippen LogP contribution in [0, 0.1) is 0 Å². The van der Waals surface area contributed by atoms with E-state index in [9.17, 15) is 26.4 Å². The average molecular weight is 419 g/mol. The Morgan fingerprint density at radius 2 is 1.96 bits per heavy atom. The summed E-state index contributed by atoms with van der Waals surface area (Å²) in [4.78, 5) is 16.8. The largest absolute Gasteiger partial charge is 0.416 e. The second-order valence-corrected chi connectivity index (χ2v) is 9.26. The van der Waals surface area contributed by atoms with Gasteiger partial charge in [0.1, 0.15) is 0 Å². The molecule has 0 aliphatic carbocycles. The van der Waals surface area contributed by atoms with Crippen LogP contribution in [0.25, 0.3) is 0 Å². The maximum Gasteiger partial charge on any atom is 0.416 e. The predicted molar refractivity (Wildman–Crippen MR) is 95.0 cm³/mol. The SMILES string of the molecule is O=C(CN1CCCS1(=O)=O)Nc1ncc(Cc2ccc(C(F)(F)F)cc2)s1. The third-order valence-corrected chi connectivity index (χ3v) is 6.80. The zero-order valence-corrected chi connectivity index (χ0v) is 15.6. The van der Waals surface area contributed by atoms with Crippen molar-refractivity contribution in [3.05, 3.63) is 46.5 Å². The highest BCUT2D eigenvalue weighted by molar-refractivity contribution is 7.89. The zero-order chi connectivity index (χ0) is 19.7. The molecule has 0 radical (unpaired) electrons. The number of hydrogen-bond donors (Lipinski definition) is 1. The Hall–Kier alpha value is -1.98. The van der Waals surface area contributed by atoms with E-state index >= 15 is 0 Å². The number of hydrogen-bond acceptors (Lipinski definition) is 5. The Kier molecular flexibility index (Phi) is 5.54. The number of rotatable bonds is 5. The fourth-order valence-electron chi connectivity index (χ4n) is 2.65. The van der Waals surface area contributed by atoms with E-state index in [-0.39, 0.29) is 12.3 Å². The molecule has 11 heteroatoms. The number of aromatic nitrogens is 1. The molecule has 2 heterocycles. The van der Waals surface area contributed by atoms with Gasteiger partial charge in [-0.25, -0.2) is 13.4 Å². The van der Waals surface area contributed by atoms with Gasteiger partial charge in [0, 0.05) is 24.0 Å². The lowest BCUT2D eigenvalue weighted by atomic mass is 10.1. The minimum absolute atomic E-state index is 0.0504. The quantitative estimate of drug-likeness (QED) is 0.808. The lowest BCUT2D eigenvalue weighted by Crippen LogP contribution is -2.34.